The van der Waals surface area contributed by atoms with E-state index in [4.69, 9.17) is 4.74 Å². The number of benzene rings is 2. The molecule has 2 aromatic carbocycles. The molecule has 0 aliphatic carbocycles. The maximum Gasteiger partial charge on any atom is 0.191 e. The molecular weight excluding hydrogens is 498 g/mol. The summed E-state index contributed by atoms with van der Waals surface area (Å²) in [7, 11) is 0. The molecule has 0 saturated carbocycles. The number of nitrogens with zero attached hydrogens (tertiary/aromatic N) is 4. The van der Waals surface area contributed by atoms with Crippen LogP contribution in [0.15, 0.2) is 65.9 Å². The summed E-state index contributed by atoms with van der Waals surface area (Å²) in [6, 6.07) is 15.9. The zero-order valence-corrected chi connectivity index (χ0v) is 19.3. The summed E-state index contributed by atoms with van der Waals surface area (Å²) in [5.74, 6) is 1.74. The molecule has 1 aromatic heterocycles. The third-order valence-corrected chi connectivity index (χ3v) is 4.08. The van der Waals surface area contributed by atoms with Crippen LogP contribution in [0.25, 0.3) is 5.69 Å². The monoisotopic (exact) mass is 524 g/mol. The number of para-hydroxylation sites is 1. The van der Waals surface area contributed by atoms with Crippen LogP contribution in [0, 0.1) is 5.82 Å². The molecule has 3 rings (SSSR count). The highest BCUT2D eigenvalue weighted by Gasteiger charge is 2.08. The fourth-order valence-corrected chi connectivity index (χ4v) is 2.69. The zero-order chi connectivity index (χ0) is 20.5. The van der Waals surface area contributed by atoms with Crippen LogP contribution < -0.4 is 15.4 Å². The van der Waals surface area contributed by atoms with Gasteiger partial charge in [0.2, 0.25) is 0 Å². The quantitative estimate of drug-likeness (QED) is 0.268. The predicted molar refractivity (Wildman–Crippen MR) is 126 cm³/mol. The zero-order valence-electron chi connectivity index (χ0n) is 17.0. The number of rotatable bonds is 8. The van der Waals surface area contributed by atoms with E-state index in [1.54, 1.807) is 18.5 Å². The van der Waals surface area contributed by atoms with Gasteiger partial charge in [-0.3, -0.25) is 4.57 Å². The molecule has 0 radical (unpaired) electrons. The SMILES string of the molecule is CCNC(=NCc1nncn1-c1ccccc1)NCC(C)Oc1ccc(F)cc1.I. The molecule has 7 nitrogen and oxygen atoms in total. The average molecular weight is 524 g/mol. The molecule has 160 valence electrons. The van der Waals surface area contributed by atoms with Crippen LogP contribution in [0.2, 0.25) is 0 Å². The molecule has 0 aliphatic rings. The lowest BCUT2D eigenvalue weighted by Crippen LogP contribution is -2.41. The summed E-state index contributed by atoms with van der Waals surface area (Å²) in [6.45, 7) is 5.57. The van der Waals surface area contributed by atoms with Gasteiger partial charge in [0.05, 0.1) is 6.54 Å². The number of aromatic nitrogens is 3. The van der Waals surface area contributed by atoms with E-state index in [0.29, 0.717) is 24.8 Å². The highest BCUT2D eigenvalue weighted by molar-refractivity contribution is 14.0. The number of nitrogens with one attached hydrogen (secondary N) is 2. The van der Waals surface area contributed by atoms with Crippen LogP contribution in [0.4, 0.5) is 4.39 Å². The lowest BCUT2D eigenvalue weighted by molar-refractivity contribution is 0.223. The Morgan fingerprint density at radius 2 is 1.87 bits per heavy atom. The number of hydrogen-bond donors (Lipinski definition) is 2. The second kappa shape index (κ2) is 12.1. The van der Waals surface area contributed by atoms with E-state index in [1.165, 1.54) is 12.1 Å². The van der Waals surface area contributed by atoms with E-state index in [9.17, 15) is 4.39 Å². The largest absolute Gasteiger partial charge is 0.489 e. The topological polar surface area (TPSA) is 76.4 Å². The fraction of sp³-hybridized carbons (Fsp3) is 0.286. The Morgan fingerprint density at radius 1 is 1.13 bits per heavy atom. The van der Waals surface area contributed by atoms with E-state index >= 15 is 0 Å². The molecule has 0 fully saturated rings. The molecule has 1 unspecified atom stereocenters. The molecule has 0 saturated heterocycles. The van der Waals surface area contributed by atoms with E-state index in [-0.39, 0.29) is 35.9 Å². The van der Waals surface area contributed by atoms with Gasteiger partial charge in [0.15, 0.2) is 11.8 Å². The Morgan fingerprint density at radius 3 is 2.57 bits per heavy atom. The second-order valence-electron chi connectivity index (χ2n) is 6.41. The van der Waals surface area contributed by atoms with E-state index in [1.807, 2.05) is 48.7 Å². The summed E-state index contributed by atoms with van der Waals surface area (Å²) >= 11 is 0. The minimum atomic E-state index is -0.284. The lowest BCUT2D eigenvalue weighted by atomic mass is 10.3. The Balaban J connectivity index is 0.00000320. The van der Waals surface area contributed by atoms with Gasteiger partial charge in [0, 0.05) is 12.2 Å². The first-order valence-electron chi connectivity index (χ1n) is 9.54. The summed E-state index contributed by atoms with van der Waals surface area (Å²) in [4.78, 5) is 4.60. The second-order valence-corrected chi connectivity index (χ2v) is 6.41. The van der Waals surface area contributed by atoms with Gasteiger partial charge >= 0.3 is 0 Å². The minimum Gasteiger partial charge on any atom is -0.489 e. The minimum absolute atomic E-state index is 0. The Hall–Kier alpha value is -2.69. The van der Waals surface area contributed by atoms with Crippen molar-refractivity contribution in [2.75, 3.05) is 13.1 Å². The van der Waals surface area contributed by atoms with Gasteiger partial charge in [0.25, 0.3) is 0 Å². The molecular formula is C21H26FIN6O. The Kier molecular flexibility index (Phi) is 9.52. The van der Waals surface area contributed by atoms with Crippen molar-refractivity contribution in [2.45, 2.75) is 26.5 Å². The van der Waals surface area contributed by atoms with Gasteiger partial charge < -0.3 is 15.4 Å². The summed E-state index contributed by atoms with van der Waals surface area (Å²) in [6.07, 6.45) is 1.55. The van der Waals surface area contributed by atoms with Gasteiger partial charge in [-0.15, -0.1) is 34.2 Å². The highest BCUT2D eigenvalue weighted by Crippen LogP contribution is 2.13. The van der Waals surface area contributed by atoms with Crippen molar-refractivity contribution < 1.29 is 9.13 Å². The van der Waals surface area contributed by atoms with Crippen molar-refractivity contribution in [2.24, 2.45) is 4.99 Å². The smallest absolute Gasteiger partial charge is 0.191 e. The summed E-state index contributed by atoms with van der Waals surface area (Å²) in [5, 5.41) is 14.6. The first kappa shape index (κ1) is 23.6. The standard InChI is InChI=1S/C21H25FN6O.HI/c1-3-23-21(24-13-16(2)29-19-11-9-17(22)10-12-19)25-14-20-27-26-15-28(20)18-7-5-4-6-8-18;/h4-12,15-16H,3,13-14H2,1-2H3,(H2,23,24,25);1H. The highest BCUT2D eigenvalue weighted by atomic mass is 127. The molecule has 2 N–H and O–H groups in total. The Bertz CT molecular complexity index is 917. The number of halogens is 2. The first-order chi connectivity index (χ1) is 14.2. The van der Waals surface area contributed by atoms with Gasteiger partial charge in [-0.2, -0.15) is 0 Å². The number of aliphatic imine (C=N–C) groups is 1. The number of guanidine groups is 1. The van der Waals surface area contributed by atoms with E-state index < -0.39 is 0 Å². The van der Waals surface area contributed by atoms with Gasteiger partial charge in [-0.25, -0.2) is 9.38 Å². The maximum absolute atomic E-state index is 13.0. The molecule has 0 bridgehead atoms. The maximum atomic E-state index is 13.0. The van der Waals surface area contributed by atoms with Crippen molar-refractivity contribution in [1.82, 2.24) is 25.4 Å². The van der Waals surface area contributed by atoms with Gasteiger partial charge in [-0.05, 0) is 50.2 Å². The van der Waals surface area contributed by atoms with Crippen molar-refractivity contribution in [3.8, 4) is 11.4 Å². The van der Waals surface area contributed by atoms with E-state index in [0.717, 1.165) is 18.1 Å². The molecule has 1 heterocycles. The van der Waals surface area contributed by atoms with Gasteiger partial charge in [-0.1, -0.05) is 18.2 Å². The molecule has 0 spiro atoms. The lowest BCUT2D eigenvalue weighted by Gasteiger charge is -2.17. The molecule has 1 atom stereocenters. The average Bonchev–Trinajstić information content (AvgIpc) is 3.21. The summed E-state index contributed by atoms with van der Waals surface area (Å²) in [5.41, 5.74) is 0.988. The van der Waals surface area contributed by atoms with Crippen LogP contribution in [0.3, 0.4) is 0 Å². The number of hydrogen-bond acceptors (Lipinski definition) is 4. The van der Waals surface area contributed by atoms with E-state index in [2.05, 4.69) is 25.8 Å². The van der Waals surface area contributed by atoms with Gasteiger partial charge in [0.1, 0.15) is 30.5 Å². The van der Waals surface area contributed by atoms with Crippen LogP contribution >= 0.6 is 24.0 Å². The van der Waals surface area contributed by atoms with Crippen LogP contribution in [0.1, 0.15) is 19.7 Å². The molecule has 0 amide bonds. The summed E-state index contributed by atoms with van der Waals surface area (Å²) < 4.78 is 20.7. The third-order valence-electron chi connectivity index (χ3n) is 4.08. The van der Waals surface area contributed by atoms with Crippen LogP contribution in [0.5, 0.6) is 5.75 Å². The number of ether oxygens (including phenoxy) is 1. The third kappa shape index (κ3) is 6.97. The van der Waals surface area contributed by atoms with Crippen molar-refractivity contribution >= 4 is 29.9 Å². The predicted octanol–water partition coefficient (Wildman–Crippen LogP) is 3.55. The molecule has 30 heavy (non-hydrogen) atoms. The fourth-order valence-electron chi connectivity index (χ4n) is 2.69. The first-order valence-corrected chi connectivity index (χ1v) is 9.54. The van der Waals surface area contributed by atoms with Crippen LogP contribution in [-0.2, 0) is 6.54 Å². The van der Waals surface area contributed by atoms with Crippen molar-refractivity contribution in [1.29, 1.82) is 0 Å². The van der Waals surface area contributed by atoms with Crippen LogP contribution in [-0.4, -0.2) is 39.9 Å². The Labute approximate surface area is 192 Å². The normalized spacial score (nSPS) is 12.0. The molecule has 0 aliphatic heterocycles. The van der Waals surface area contributed by atoms with Crippen molar-refractivity contribution in [3.05, 3.63) is 72.6 Å². The van der Waals surface area contributed by atoms with Crippen molar-refractivity contribution in [3.63, 3.8) is 0 Å². The molecule has 3 aromatic rings. The molecule has 9 heteroatoms.